The van der Waals surface area contributed by atoms with Gasteiger partial charge in [0.2, 0.25) is 0 Å². The van der Waals surface area contributed by atoms with Crippen LogP contribution in [0.25, 0.3) is 0 Å². The van der Waals surface area contributed by atoms with Crippen molar-refractivity contribution >= 4 is 0 Å². The molecule has 0 amide bonds. The monoisotopic (exact) mass is 245 g/mol. The molecule has 0 aromatic carbocycles. The summed E-state index contributed by atoms with van der Waals surface area (Å²) < 4.78 is 10.9. The van der Waals surface area contributed by atoms with Crippen molar-refractivity contribution in [3.63, 3.8) is 0 Å². The molecule has 0 saturated carbocycles. The lowest BCUT2D eigenvalue weighted by Crippen LogP contribution is -2.06. The molecule has 0 aromatic rings. The van der Waals surface area contributed by atoms with E-state index in [9.17, 15) is 5.11 Å². The molecule has 17 heavy (non-hydrogen) atoms. The van der Waals surface area contributed by atoms with Crippen molar-refractivity contribution in [3.8, 4) is 0 Å². The summed E-state index contributed by atoms with van der Waals surface area (Å²) in [4.78, 5) is 0. The second-order valence-corrected chi connectivity index (χ2v) is 4.40. The molecule has 0 N–H and O–H groups in total. The summed E-state index contributed by atoms with van der Waals surface area (Å²) in [5.41, 5.74) is 0. The summed E-state index contributed by atoms with van der Waals surface area (Å²) in [6, 6.07) is 0. The Balaban J connectivity index is 2.85. The number of rotatable bonds is 14. The van der Waals surface area contributed by atoms with E-state index in [2.05, 4.69) is 6.92 Å². The Labute approximate surface area is 107 Å². The Morgan fingerprint density at radius 3 is 1.71 bits per heavy atom. The highest BCUT2D eigenvalue weighted by Crippen LogP contribution is 2.00. The second-order valence-electron chi connectivity index (χ2n) is 4.40. The maximum Gasteiger partial charge on any atom is 0.0822 e. The number of unbranched alkanes of at least 4 members (excludes halogenated alkanes) is 6. The van der Waals surface area contributed by atoms with E-state index in [0.717, 1.165) is 38.9 Å². The zero-order chi connectivity index (χ0) is 12.6. The van der Waals surface area contributed by atoms with Crippen molar-refractivity contribution in [3.05, 3.63) is 0 Å². The summed E-state index contributed by atoms with van der Waals surface area (Å²) >= 11 is 0. The van der Waals surface area contributed by atoms with Crippen molar-refractivity contribution < 1.29 is 14.6 Å². The predicted octanol–water partition coefficient (Wildman–Crippen LogP) is 3.59. The average Bonchev–Trinajstić information content (AvgIpc) is 2.35. The maximum atomic E-state index is 10.2. The Morgan fingerprint density at radius 1 is 0.647 bits per heavy atom. The molecule has 0 rings (SSSR count). The van der Waals surface area contributed by atoms with Gasteiger partial charge in [0.15, 0.2) is 0 Å². The van der Waals surface area contributed by atoms with Gasteiger partial charge in [0, 0.05) is 13.2 Å². The summed E-state index contributed by atoms with van der Waals surface area (Å²) in [5, 5.41) is 10.2. The first-order chi connectivity index (χ1) is 8.41. The van der Waals surface area contributed by atoms with Crippen LogP contribution in [0.5, 0.6) is 0 Å². The Morgan fingerprint density at radius 2 is 1.18 bits per heavy atom. The highest BCUT2D eigenvalue weighted by molar-refractivity contribution is 4.42. The second kappa shape index (κ2) is 15.9. The van der Waals surface area contributed by atoms with Crippen molar-refractivity contribution in [1.82, 2.24) is 0 Å². The summed E-state index contributed by atoms with van der Waals surface area (Å²) in [6.07, 6.45) is 9.05. The first-order valence-corrected chi connectivity index (χ1v) is 7.15. The van der Waals surface area contributed by atoms with E-state index in [4.69, 9.17) is 9.47 Å². The summed E-state index contributed by atoms with van der Waals surface area (Å²) in [7, 11) is 0. The molecule has 0 atom stereocenters. The highest BCUT2D eigenvalue weighted by atomic mass is 16.5. The van der Waals surface area contributed by atoms with Crippen LogP contribution in [0.2, 0.25) is 0 Å². The first-order valence-electron chi connectivity index (χ1n) is 7.15. The van der Waals surface area contributed by atoms with Gasteiger partial charge in [-0.1, -0.05) is 39.0 Å². The van der Waals surface area contributed by atoms with Gasteiger partial charge in [-0.2, -0.15) is 0 Å². The van der Waals surface area contributed by atoms with Crippen LogP contribution in [0, 0.1) is 0 Å². The van der Waals surface area contributed by atoms with Crippen LogP contribution < -0.4 is 0 Å². The molecule has 0 aliphatic carbocycles. The molecule has 0 aliphatic rings. The van der Waals surface area contributed by atoms with E-state index in [1.54, 1.807) is 0 Å². The smallest absolute Gasteiger partial charge is 0.0822 e. The van der Waals surface area contributed by atoms with Crippen molar-refractivity contribution in [2.24, 2.45) is 0 Å². The topological polar surface area (TPSA) is 38.4 Å². The number of hydrogen-bond acceptors (Lipinski definition) is 2. The lowest BCUT2D eigenvalue weighted by molar-refractivity contribution is 0.0447. The lowest BCUT2D eigenvalue weighted by Gasteiger charge is -2.05. The average molecular weight is 245 g/mol. The molecule has 0 aliphatic heterocycles. The lowest BCUT2D eigenvalue weighted by atomic mass is 10.2. The van der Waals surface area contributed by atoms with Crippen LogP contribution in [-0.4, -0.2) is 33.0 Å². The minimum atomic E-state index is 0.0622. The fourth-order valence-electron chi connectivity index (χ4n) is 1.61. The van der Waals surface area contributed by atoms with E-state index in [1.807, 2.05) is 0 Å². The fourth-order valence-corrected chi connectivity index (χ4v) is 1.61. The number of ether oxygens (including phenoxy) is 2. The quantitative estimate of drug-likeness (QED) is 0.439. The molecule has 1 radical (unpaired) electrons. The van der Waals surface area contributed by atoms with Crippen LogP contribution in [-0.2, 0) is 14.6 Å². The van der Waals surface area contributed by atoms with E-state index in [0.29, 0.717) is 13.2 Å². The molecular weight excluding hydrogens is 216 g/mol. The zero-order valence-electron chi connectivity index (χ0n) is 11.4. The van der Waals surface area contributed by atoms with Crippen molar-refractivity contribution in [1.29, 1.82) is 0 Å². The standard InChI is InChI=1S/C14H29O3/c1-2-3-4-8-11-16-13-14-17-12-9-6-5-7-10-15/h2-14H2,1H3. The van der Waals surface area contributed by atoms with Gasteiger partial charge in [-0.25, -0.2) is 5.11 Å². The van der Waals surface area contributed by atoms with E-state index < -0.39 is 0 Å². The third kappa shape index (κ3) is 15.9. The Kier molecular flexibility index (Phi) is 15.8. The Bertz CT molecular complexity index is 115. The van der Waals surface area contributed by atoms with E-state index in [1.165, 1.54) is 25.7 Å². The minimum Gasteiger partial charge on any atom is -0.379 e. The van der Waals surface area contributed by atoms with Crippen LogP contribution in [0.3, 0.4) is 0 Å². The van der Waals surface area contributed by atoms with Crippen molar-refractivity contribution in [2.45, 2.75) is 58.3 Å². The summed E-state index contributed by atoms with van der Waals surface area (Å²) in [5.74, 6) is 0. The highest BCUT2D eigenvalue weighted by Gasteiger charge is 1.92. The third-order valence-electron chi connectivity index (χ3n) is 2.70. The molecule has 3 heteroatoms. The van der Waals surface area contributed by atoms with Gasteiger partial charge in [-0.15, -0.1) is 0 Å². The predicted molar refractivity (Wildman–Crippen MR) is 69.8 cm³/mol. The van der Waals surface area contributed by atoms with Crippen LogP contribution in [0.15, 0.2) is 0 Å². The SMILES string of the molecule is CCCCCCOCCOCCCCCC[O]. The van der Waals surface area contributed by atoms with Crippen LogP contribution in [0.4, 0.5) is 0 Å². The fraction of sp³-hybridized carbons (Fsp3) is 1.00. The summed E-state index contributed by atoms with van der Waals surface area (Å²) in [6.45, 7) is 5.37. The molecule has 3 nitrogen and oxygen atoms in total. The normalized spacial score (nSPS) is 10.9. The molecule has 0 bridgehead atoms. The van der Waals surface area contributed by atoms with Gasteiger partial charge in [0.25, 0.3) is 0 Å². The molecule has 0 heterocycles. The molecule has 0 saturated heterocycles. The van der Waals surface area contributed by atoms with Gasteiger partial charge in [0.1, 0.15) is 0 Å². The molecule has 103 valence electrons. The van der Waals surface area contributed by atoms with Gasteiger partial charge in [0.05, 0.1) is 19.8 Å². The number of hydrogen-bond donors (Lipinski definition) is 0. The first kappa shape index (κ1) is 16.9. The molecule has 0 fully saturated rings. The van der Waals surface area contributed by atoms with Gasteiger partial charge in [-0.3, -0.25) is 0 Å². The Hall–Kier alpha value is -0.120. The molecular formula is C14H29O3. The van der Waals surface area contributed by atoms with Gasteiger partial charge in [-0.05, 0) is 19.3 Å². The van der Waals surface area contributed by atoms with E-state index >= 15 is 0 Å². The van der Waals surface area contributed by atoms with Gasteiger partial charge >= 0.3 is 0 Å². The third-order valence-corrected chi connectivity index (χ3v) is 2.70. The maximum absolute atomic E-state index is 10.2. The van der Waals surface area contributed by atoms with Gasteiger partial charge < -0.3 is 9.47 Å². The van der Waals surface area contributed by atoms with Crippen LogP contribution in [0.1, 0.15) is 58.3 Å². The largest absolute Gasteiger partial charge is 0.379 e. The molecule has 0 spiro atoms. The van der Waals surface area contributed by atoms with Crippen molar-refractivity contribution in [2.75, 3.05) is 33.0 Å². The zero-order valence-corrected chi connectivity index (χ0v) is 11.4. The molecule has 0 aromatic heterocycles. The van der Waals surface area contributed by atoms with Crippen LogP contribution >= 0.6 is 0 Å². The minimum absolute atomic E-state index is 0.0622. The molecule has 0 unspecified atom stereocenters. The van der Waals surface area contributed by atoms with E-state index in [-0.39, 0.29) is 6.61 Å².